The number of rotatable bonds is 3. The first kappa shape index (κ1) is 12.5. The van der Waals surface area contributed by atoms with Gasteiger partial charge in [-0.25, -0.2) is 4.68 Å². The molecule has 18 heavy (non-hydrogen) atoms. The number of aromatic nitrogens is 3. The van der Waals surface area contributed by atoms with Crippen molar-refractivity contribution in [3.05, 3.63) is 52.6 Å². The topological polar surface area (TPSA) is 43.1 Å². The number of benzene rings is 1. The van der Waals surface area contributed by atoms with Crippen molar-refractivity contribution in [2.24, 2.45) is 5.10 Å². The van der Waals surface area contributed by atoms with Gasteiger partial charge in [0.05, 0.1) is 11.2 Å². The van der Waals surface area contributed by atoms with Gasteiger partial charge in [-0.2, -0.15) is 5.10 Å². The summed E-state index contributed by atoms with van der Waals surface area (Å²) in [7, 11) is 0. The zero-order chi connectivity index (χ0) is 13.0. The van der Waals surface area contributed by atoms with E-state index in [0.29, 0.717) is 5.03 Å². The molecule has 1 aromatic heterocycles. The highest BCUT2D eigenvalue weighted by Gasteiger charge is 2.01. The second kappa shape index (κ2) is 5.60. The van der Waals surface area contributed by atoms with Crippen LogP contribution in [0.25, 0.3) is 6.08 Å². The van der Waals surface area contributed by atoms with Gasteiger partial charge >= 0.3 is 0 Å². The van der Waals surface area contributed by atoms with Crippen molar-refractivity contribution in [1.82, 2.24) is 14.9 Å². The van der Waals surface area contributed by atoms with E-state index in [4.69, 9.17) is 11.6 Å². The van der Waals surface area contributed by atoms with Crippen LogP contribution in [0.15, 0.2) is 40.5 Å². The Morgan fingerprint density at radius 1 is 1.17 bits per heavy atom. The smallest absolute Gasteiger partial charge is 0.151 e. The second-order valence-corrected chi connectivity index (χ2v) is 4.23. The molecule has 0 bridgehead atoms. The maximum atomic E-state index is 6.09. The first-order chi connectivity index (χ1) is 8.66. The van der Waals surface area contributed by atoms with E-state index in [0.717, 1.165) is 17.2 Å². The van der Waals surface area contributed by atoms with Crippen molar-refractivity contribution >= 4 is 23.9 Å². The molecule has 0 aliphatic carbocycles. The van der Waals surface area contributed by atoms with Crippen LogP contribution in [0, 0.1) is 13.8 Å². The first-order valence-corrected chi connectivity index (χ1v) is 5.90. The van der Waals surface area contributed by atoms with Crippen molar-refractivity contribution < 1.29 is 0 Å². The predicted octanol–water partition coefficient (Wildman–Crippen LogP) is 3.01. The zero-order valence-corrected chi connectivity index (χ0v) is 11.0. The number of halogens is 1. The monoisotopic (exact) mass is 260 g/mol. The molecule has 1 aromatic carbocycles. The molecule has 2 rings (SSSR count). The summed E-state index contributed by atoms with van der Waals surface area (Å²) in [5.41, 5.74) is 1.03. The highest BCUT2D eigenvalue weighted by molar-refractivity contribution is 6.41. The summed E-state index contributed by atoms with van der Waals surface area (Å²) in [6, 6.07) is 9.84. The molecular formula is C13H13ClN4. The number of hydrogen-bond acceptors (Lipinski definition) is 3. The van der Waals surface area contributed by atoms with Crippen molar-refractivity contribution in [1.29, 1.82) is 0 Å². The van der Waals surface area contributed by atoms with E-state index >= 15 is 0 Å². The highest BCUT2D eigenvalue weighted by Crippen LogP contribution is 2.08. The van der Waals surface area contributed by atoms with Crippen LogP contribution < -0.4 is 0 Å². The number of nitrogens with zero attached hydrogens (tertiary/aromatic N) is 4. The Hall–Kier alpha value is -1.94. The van der Waals surface area contributed by atoms with Gasteiger partial charge in [-0.15, -0.1) is 10.2 Å². The van der Waals surface area contributed by atoms with Gasteiger partial charge < -0.3 is 0 Å². The summed E-state index contributed by atoms with van der Waals surface area (Å²) in [4.78, 5) is 0. The molecule has 0 aliphatic heterocycles. The van der Waals surface area contributed by atoms with Crippen LogP contribution in [0.5, 0.6) is 0 Å². The normalized spacial score (nSPS) is 12.3. The summed E-state index contributed by atoms with van der Waals surface area (Å²) in [6.45, 7) is 3.68. The minimum Gasteiger partial charge on any atom is -0.202 e. The van der Waals surface area contributed by atoms with Crippen LogP contribution in [0.2, 0.25) is 0 Å². The molecule has 0 spiro atoms. The van der Waals surface area contributed by atoms with Gasteiger partial charge in [0.1, 0.15) is 0 Å². The molecule has 0 saturated carbocycles. The first-order valence-electron chi connectivity index (χ1n) is 5.52. The lowest BCUT2D eigenvalue weighted by Crippen LogP contribution is -1.95. The van der Waals surface area contributed by atoms with Crippen molar-refractivity contribution in [2.45, 2.75) is 13.8 Å². The fourth-order valence-electron chi connectivity index (χ4n) is 1.49. The second-order valence-electron chi connectivity index (χ2n) is 3.79. The van der Waals surface area contributed by atoms with Gasteiger partial charge in [0, 0.05) is 0 Å². The van der Waals surface area contributed by atoms with E-state index in [1.165, 1.54) is 0 Å². The maximum absolute atomic E-state index is 6.09. The third-order valence-corrected chi connectivity index (χ3v) is 2.56. The third kappa shape index (κ3) is 3.05. The molecule has 92 valence electrons. The van der Waals surface area contributed by atoms with Gasteiger partial charge in [0.15, 0.2) is 11.6 Å². The van der Waals surface area contributed by atoms with Crippen LogP contribution in [0.4, 0.5) is 0 Å². The molecule has 0 unspecified atom stereocenters. The Labute approximate surface area is 111 Å². The quantitative estimate of drug-likeness (QED) is 0.796. The average Bonchev–Trinajstić information content (AvgIpc) is 2.68. The lowest BCUT2D eigenvalue weighted by atomic mass is 10.2. The summed E-state index contributed by atoms with van der Waals surface area (Å²) in [5, 5.41) is 12.6. The van der Waals surface area contributed by atoms with Gasteiger partial charge in [0.25, 0.3) is 0 Å². The molecule has 0 fully saturated rings. The Morgan fingerprint density at radius 2 is 1.78 bits per heavy atom. The highest BCUT2D eigenvalue weighted by atomic mass is 35.5. The summed E-state index contributed by atoms with van der Waals surface area (Å²) < 4.78 is 1.64. The van der Waals surface area contributed by atoms with E-state index in [1.807, 2.05) is 50.3 Å². The van der Waals surface area contributed by atoms with E-state index in [1.54, 1.807) is 10.9 Å². The molecule has 4 nitrogen and oxygen atoms in total. The lowest BCUT2D eigenvalue weighted by molar-refractivity contribution is 0.799. The molecule has 0 saturated heterocycles. The minimum atomic E-state index is 0.550. The molecule has 1 heterocycles. The molecule has 2 aromatic rings. The van der Waals surface area contributed by atoms with Crippen LogP contribution in [0.3, 0.4) is 0 Å². The Kier molecular flexibility index (Phi) is 3.89. The van der Waals surface area contributed by atoms with Gasteiger partial charge in [-0.1, -0.05) is 41.9 Å². The van der Waals surface area contributed by atoms with Crippen molar-refractivity contribution in [3.8, 4) is 0 Å². The SMILES string of the molecule is Cc1nnc(C)n1/N=C/C(Cl)=Cc1ccccc1. The number of allylic oxidation sites excluding steroid dienone is 1. The summed E-state index contributed by atoms with van der Waals surface area (Å²) in [5.74, 6) is 1.46. The minimum absolute atomic E-state index is 0.550. The van der Waals surface area contributed by atoms with Crippen LogP contribution in [-0.4, -0.2) is 21.1 Å². The lowest BCUT2D eigenvalue weighted by Gasteiger charge is -1.97. The van der Waals surface area contributed by atoms with Crippen molar-refractivity contribution in [2.75, 3.05) is 0 Å². The molecule has 5 heteroatoms. The molecule has 0 radical (unpaired) electrons. The predicted molar refractivity (Wildman–Crippen MR) is 73.7 cm³/mol. The summed E-state index contributed by atoms with van der Waals surface area (Å²) >= 11 is 6.09. The fourth-order valence-corrected chi connectivity index (χ4v) is 1.66. The van der Waals surface area contributed by atoms with E-state index in [2.05, 4.69) is 15.3 Å². The number of hydrogen-bond donors (Lipinski definition) is 0. The fraction of sp³-hybridized carbons (Fsp3) is 0.154. The van der Waals surface area contributed by atoms with E-state index in [9.17, 15) is 0 Å². The van der Waals surface area contributed by atoms with Gasteiger partial charge in [-0.3, -0.25) is 0 Å². The largest absolute Gasteiger partial charge is 0.202 e. The number of aryl methyl sites for hydroxylation is 2. The van der Waals surface area contributed by atoms with Gasteiger partial charge in [0.2, 0.25) is 0 Å². The standard InChI is InChI=1S/C13H13ClN4/c1-10-16-17-11(2)18(10)15-9-13(14)8-12-6-4-3-5-7-12/h3-9H,1-2H3/b13-8?,15-9+. The Morgan fingerprint density at radius 3 is 2.39 bits per heavy atom. The van der Waals surface area contributed by atoms with Crippen LogP contribution in [0.1, 0.15) is 17.2 Å². The molecule has 0 amide bonds. The Balaban J connectivity index is 2.17. The molecular weight excluding hydrogens is 248 g/mol. The third-order valence-electron chi connectivity index (χ3n) is 2.35. The van der Waals surface area contributed by atoms with Crippen LogP contribution >= 0.6 is 11.6 Å². The Bertz CT molecular complexity index is 565. The van der Waals surface area contributed by atoms with E-state index < -0.39 is 0 Å². The van der Waals surface area contributed by atoms with E-state index in [-0.39, 0.29) is 0 Å². The molecule has 0 aliphatic rings. The molecule has 0 N–H and O–H groups in total. The average molecular weight is 261 g/mol. The summed E-state index contributed by atoms with van der Waals surface area (Å²) in [6.07, 6.45) is 3.43. The van der Waals surface area contributed by atoms with Gasteiger partial charge in [-0.05, 0) is 25.5 Å². The van der Waals surface area contributed by atoms with Crippen molar-refractivity contribution in [3.63, 3.8) is 0 Å². The molecule has 0 atom stereocenters. The van der Waals surface area contributed by atoms with Crippen LogP contribution in [-0.2, 0) is 0 Å². The zero-order valence-electron chi connectivity index (χ0n) is 10.2. The maximum Gasteiger partial charge on any atom is 0.151 e.